The Labute approximate surface area is 213 Å². The van der Waals surface area contributed by atoms with E-state index in [1.54, 1.807) is 36.4 Å². The van der Waals surface area contributed by atoms with Crippen LogP contribution >= 0.6 is 0 Å². The zero-order valence-corrected chi connectivity index (χ0v) is 20.7. The van der Waals surface area contributed by atoms with E-state index in [2.05, 4.69) is 5.32 Å². The molecule has 192 valence electrons. The van der Waals surface area contributed by atoms with Crippen LogP contribution in [0.2, 0.25) is 0 Å². The Hall–Kier alpha value is -4.27. The van der Waals surface area contributed by atoms with Crippen LogP contribution in [0.4, 0.5) is 0 Å². The lowest BCUT2D eigenvalue weighted by Gasteiger charge is -2.13. The van der Waals surface area contributed by atoms with Crippen molar-refractivity contribution in [1.82, 2.24) is 10.2 Å². The second kappa shape index (κ2) is 11.2. The lowest BCUT2D eigenvalue weighted by Crippen LogP contribution is -2.31. The summed E-state index contributed by atoms with van der Waals surface area (Å²) in [6.45, 7) is 4.63. The number of nitrogens with zero attached hydrogens (tertiary/aromatic N) is 1. The summed E-state index contributed by atoms with van der Waals surface area (Å²) in [5.74, 6) is -1.05. The summed E-state index contributed by atoms with van der Waals surface area (Å²) in [6, 6.07) is 12.8. The zero-order valence-electron chi connectivity index (χ0n) is 20.7. The van der Waals surface area contributed by atoms with E-state index < -0.39 is 17.5 Å². The van der Waals surface area contributed by atoms with Crippen LogP contribution < -0.4 is 15.7 Å². The van der Waals surface area contributed by atoms with Crippen molar-refractivity contribution in [3.05, 3.63) is 75.6 Å². The Bertz CT molecular complexity index is 1390. The fourth-order valence-electron chi connectivity index (χ4n) is 4.05. The van der Waals surface area contributed by atoms with E-state index in [1.165, 1.54) is 17.0 Å². The molecule has 4 rings (SSSR count). The van der Waals surface area contributed by atoms with Gasteiger partial charge in [0.15, 0.2) is 0 Å². The molecule has 9 heteroatoms. The number of fused-ring (bicyclic) bond motifs is 2. The molecule has 0 radical (unpaired) electrons. The predicted molar refractivity (Wildman–Crippen MR) is 136 cm³/mol. The fraction of sp³-hybridized carbons (Fsp3) is 0.321. The maximum absolute atomic E-state index is 12.4. The molecule has 1 aliphatic heterocycles. The Balaban J connectivity index is 1.25. The Morgan fingerprint density at radius 1 is 0.946 bits per heavy atom. The van der Waals surface area contributed by atoms with E-state index in [-0.39, 0.29) is 41.0 Å². The van der Waals surface area contributed by atoms with Gasteiger partial charge in [0.25, 0.3) is 17.7 Å². The van der Waals surface area contributed by atoms with Gasteiger partial charge in [-0.15, -0.1) is 0 Å². The number of benzene rings is 2. The Kier molecular flexibility index (Phi) is 7.81. The van der Waals surface area contributed by atoms with Gasteiger partial charge >= 0.3 is 11.6 Å². The number of esters is 1. The van der Waals surface area contributed by atoms with Crippen LogP contribution in [-0.2, 0) is 4.79 Å². The first-order chi connectivity index (χ1) is 17.7. The van der Waals surface area contributed by atoms with Crippen molar-refractivity contribution >= 4 is 34.7 Å². The summed E-state index contributed by atoms with van der Waals surface area (Å²) in [7, 11) is 0. The standard InChI is InChI=1S/C28H28N2O7/c1-17(2)16-29-25(32)22-14-18-11-12-19(15-23(18)37-28(22)35)36-24(31)10-4-3-7-13-30-26(33)20-8-5-6-9-21(20)27(30)34/h5-6,8-9,11-12,14-15,17H,3-4,7,10,13,16H2,1-2H3,(H,29,32). The molecule has 1 N–H and O–H groups in total. The molecule has 2 aromatic carbocycles. The summed E-state index contributed by atoms with van der Waals surface area (Å²) in [5, 5.41) is 3.22. The van der Waals surface area contributed by atoms with Crippen molar-refractivity contribution in [3.63, 3.8) is 0 Å². The molecule has 0 bridgehead atoms. The molecule has 1 aromatic heterocycles. The predicted octanol–water partition coefficient (Wildman–Crippen LogP) is 3.94. The summed E-state index contributed by atoms with van der Waals surface area (Å²) in [4.78, 5) is 62.8. The number of nitrogens with one attached hydrogen (secondary N) is 1. The minimum atomic E-state index is -0.768. The summed E-state index contributed by atoms with van der Waals surface area (Å²) < 4.78 is 10.6. The number of ether oxygens (including phenoxy) is 1. The highest BCUT2D eigenvalue weighted by molar-refractivity contribution is 6.21. The smallest absolute Gasteiger partial charge is 0.349 e. The molecule has 0 fully saturated rings. The van der Waals surface area contributed by atoms with Gasteiger partial charge in [-0.1, -0.05) is 32.4 Å². The third kappa shape index (κ3) is 5.94. The molecule has 9 nitrogen and oxygen atoms in total. The minimum absolute atomic E-state index is 0.0842. The molecular weight excluding hydrogens is 476 g/mol. The van der Waals surface area contributed by atoms with Crippen molar-refractivity contribution < 1.29 is 28.3 Å². The quantitative estimate of drug-likeness (QED) is 0.146. The summed E-state index contributed by atoms with van der Waals surface area (Å²) in [5.41, 5.74) is 0.201. The Morgan fingerprint density at radius 3 is 2.32 bits per heavy atom. The summed E-state index contributed by atoms with van der Waals surface area (Å²) >= 11 is 0. The Morgan fingerprint density at radius 2 is 1.65 bits per heavy atom. The fourth-order valence-corrected chi connectivity index (χ4v) is 4.05. The number of hydrogen-bond acceptors (Lipinski definition) is 7. The van der Waals surface area contributed by atoms with E-state index in [1.807, 2.05) is 13.8 Å². The maximum atomic E-state index is 12.4. The molecule has 0 spiro atoms. The lowest BCUT2D eigenvalue weighted by atomic mass is 10.1. The van der Waals surface area contributed by atoms with E-state index in [9.17, 15) is 24.0 Å². The van der Waals surface area contributed by atoms with E-state index in [0.29, 0.717) is 48.9 Å². The van der Waals surface area contributed by atoms with Crippen LogP contribution in [0.5, 0.6) is 5.75 Å². The third-order valence-electron chi connectivity index (χ3n) is 6.00. The highest BCUT2D eigenvalue weighted by Gasteiger charge is 2.34. The molecule has 1 aliphatic rings. The second-order valence-electron chi connectivity index (χ2n) is 9.34. The highest BCUT2D eigenvalue weighted by atomic mass is 16.5. The van der Waals surface area contributed by atoms with Gasteiger partial charge in [0.1, 0.15) is 16.9 Å². The highest BCUT2D eigenvalue weighted by Crippen LogP contribution is 2.23. The van der Waals surface area contributed by atoms with Crippen LogP contribution in [-0.4, -0.2) is 41.7 Å². The average molecular weight is 505 g/mol. The lowest BCUT2D eigenvalue weighted by molar-refractivity contribution is -0.134. The second-order valence-corrected chi connectivity index (χ2v) is 9.34. The van der Waals surface area contributed by atoms with Crippen molar-refractivity contribution in [1.29, 1.82) is 0 Å². The van der Waals surface area contributed by atoms with Crippen LogP contribution in [0.1, 0.15) is 70.6 Å². The molecule has 0 saturated carbocycles. The van der Waals surface area contributed by atoms with Gasteiger partial charge in [-0.2, -0.15) is 0 Å². The first-order valence-electron chi connectivity index (χ1n) is 12.3. The number of carbonyl (C=O) groups excluding carboxylic acids is 4. The number of hydrogen-bond donors (Lipinski definition) is 1. The van der Waals surface area contributed by atoms with Crippen molar-refractivity contribution in [2.24, 2.45) is 5.92 Å². The van der Waals surface area contributed by atoms with E-state index in [4.69, 9.17) is 9.15 Å². The topological polar surface area (TPSA) is 123 Å². The largest absolute Gasteiger partial charge is 0.426 e. The normalized spacial score (nSPS) is 12.8. The van der Waals surface area contributed by atoms with Gasteiger partial charge in [0.2, 0.25) is 0 Å². The van der Waals surface area contributed by atoms with Crippen molar-refractivity contribution in [2.45, 2.75) is 39.5 Å². The number of rotatable bonds is 10. The number of carbonyl (C=O) groups is 4. The first-order valence-corrected chi connectivity index (χ1v) is 12.3. The molecule has 37 heavy (non-hydrogen) atoms. The van der Waals surface area contributed by atoms with Crippen LogP contribution in [0.3, 0.4) is 0 Å². The van der Waals surface area contributed by atoms with Gasteiger partial charge in [0.05, 0.1) is 11.1 Å². The van der Waals surface area contributed by atoms with E-state index in [0.717, 1.165) is 0 Å². The molecule has 0 unspecified atom stereocenters. The van der Waals surface area contributed by atoms with E-state index >= 15 is 0 Å². The van der Waals surface area contributed by atoms with Crippen LogP contribution in [0, 0.1) is 5.92 Å². The number of imide groups is 1. The van der Waals surface area contributed by atoms with Crippen molar-refractivity contribution in [2.75, 3.05) is 13.1 Å². The van der Waals surface area contributed by atoms with Crippen LogP contribution in [0.25, 0.3) is 11.0 Å². The SMILES string of the molecule is CC(C)CNC(=O)c1cc2ccc(OC(=O)CCCCCN3C(=O)c4ccccc4C3=O)cc2oc1=O. The molecule has 3 aromatic rings. The molecule has 2 heterocycles. The third-order valence-corrected chi connectivity index (χ3v) is 6.00. The first kappa shape index (κ1) is 25.8. The summed E-state index contributed by atoms with van der Waals surface area (Å²) in [6.07, 6.45) is 1.89. The minimum Gasteiger partial charge on any atom is -0.426 e. The number of unbranched alkanes of at least 4 members (excludes halogenated alkanes) is 2. The number of amides is 3. The molecule has 0 aliphatic carbocycles. The van der Waals surface area contributed by atoms with Gasteiger partial charge in [-0.05, 0) is 49.1 Å². The zero-order chi connectivity index (χ0) is 26.5. The van der Waals surface area contributed by atoms with Gasteiger partial charge in [-0.25, -0.2) is 4.79 Å². The molecule has 0 atom stereocenters. The van der Waals surface area contributed by atoms with Crippen molar-refractivity contribution in [3.8, 4) is 5.75 Å². The van der Waals surface area contributed by atoms with Gasteiger partial charge < -0.3 is 14.5 Å². The van der Waals surface area contributed by atoms with Crippen LogP contribution in [0.15, 0.2) is 57.7 Å². The monoisotopic (exact) mass is 504 g/mol. The molecule has 0 saturated heterocycles. The molecular formula is C28H28N2O7. The molecule has 3 amide bonds. The maximum Gasteiger partial charge on any atom is 0.349 e. The van der Waals surface area contributed by atoms with Gasteiger partial charge in [-0.3, -0.25) is 24.1 Å². The average Bonchev–Trinajstić information content (AvgIpc) is 3.11. The van der Waals surface area contributed by atoms with Gasteiger partial charge in [0, 0.05) is 31.0 Å².